The Bertz CT molecular complexity index is 102. The Labute approximate surface area is 69.3 Å². The summed E-state index contributed by atoms with van der Waals surface area (Å²) in [6, 6.07) is 0.852. The first-order valence-electron chi connectivity index (χ1n) is 4.55. The number of methoxy groups -OCH3 is 1. The van der Waals surface area contributed by atoms with E-state index in [2.05, 4.69) is 12.2 Å². The van der Waals surface area contributed by atoms with Gasteiger partial charge in [-0.15, -0.1) is 0 Å². The van der Waals surface area contributed by atoms with Crippen molar-refractivity contribution in [1.29, 1.82) is 0 Å². The van der Waals surface area contributed by atoms with Gasteiger partial charge in [0, 0.05) is 19.8 Å². The third kappa shape index (κ3) is 4.38. The molecule has 1 aliphatic carbocycles. The molecule has 1 unspecified atom stereocenters. The highest BCUT2D eigenvalue weighted by atomic mass is 16.5. The van der Waals surface area contributed by atoms with Gasteiger partial charge in [0.05, 0.1) is 0 Å². The molecule has 0 heterocycles. The normalized spacial score (nSPS) is 20.2. The quantitative estimate of drug-likeness (QED) is 0.629. The average molecular weight is 157 g/mol. The van der Waals surface area contributed by atoms with Crippen molar-refractivity contribution in [2.24, 2.45) is 5.92 Å². The standard InChI is InChI=1S/C9H19NO/c1-8(7-11-2)5-6-10-9-3-4-9/h8-10H,3-7H2,1-2H3. The lowest BCUT2D eigenvalue weighted by atomic mass is 10.1. The molecule has 0 aromatic carbocycles. The maximum atomic E-state index is 5.05. The molecule has 0 aromatic rings. The summed E-state index contributed by atoms with van der Waals surface area (Å²) >= 11 is 0. The van der Waals surface area contributed by atoms with E-state index >= 15 is 0 Å². The molecule has 2 heteroatoms. The average Bonchev–Trinajstić information content (AvgIpc) is 2.72. The molecule has 1 rings (SSSR count). The van der Waals surface area contributed by atoms with Crippen molar-refractivity contribution in [2.75, 3.05) is 20.3 Å². The summed E-state index contributed by atoms with van der Waals surface area (Å²) in [6.07, 6.45) is 4.02. The molecule has 0 amide bonds. The molecular formula is C9H19NO. The fourth-order valence-electron chi connectivity index (χ4n) is 1.19. The van der Waals surface area contributed by atoms with Gasteiger partial charge >= 0.3 is 0 Å². The van der Waals surface area contributed by atoms with Gasteiger partial charge in [-0.3, -0.25) is 0 Å². The third-order valence-corrected chi connectivity index (χ3v) is 2.10. The Balaban J connectivity index is 1.84. The Morgan fingerprint density at radius 1 is 1.55 bits per heavy atom. The highest BCUT2D eigenvalue weighted by Crippen LogP contribution is 2.18. The lowest BCUT2D eigenvalue weighted by Crippen LogP contribution is -2.20. The zero-order chi connectivity index (χ0) is 8.10. The third-order valence-electron chi connectivity index (χ3n) is 2.10. The molecule has 11 heavy (non-hydrogen) atoms. The highest BCUT2D eigenvalue weighted by molar-refractivity contribution is 4.80. The second kappa shape index (κ2) is 4.73. The molecule has 2 nitrogen and oxygen atoms in total. The van der Waals surface area contributed by atoms with Crippen LogP contribution in [-0.2, 0) is 4.74 Å². The maximum Gasteiger partial charge on any atom is 0.0488 e. The lowest BCUT2D eigenvalue weighted by Gasteiger charge is -2.09. The van der Waals surface area contributed by atoms with Crippen LogP contribution in [0, 0.1) is 5.92 Å². The van der Waals surface area contributed by atoms with Crippen LogP contribution in [0.25, 0.3) is 0 Å². The molecule has 66 valence electrons. The topological polar surface area (TPSA) is 21.3 Å². The minimum atomic E-state index is 0.700. The molecule has 1 atom stereocenters. The van der Waals surface area contributed by atoms with Crippen LogP contribution in [0.5, 0.6) is 0 Å². The molecule has 0 aromatic heterocycles. The number of nitrogens with one attached hydrogen (secondary N) is 1. The van der Waals surface area contributed by atoms with Crippen LogP contribution >= 0.6 is 0 Å². The molecule has 0 radical (unpaired) electrons. The maximum absolute atomic E-state index is 5.05. The Morgan fingerprint density at radius 3 is 2.82 bits per heavy atom. The summed E-state index contributed by atoms with van der Waals surface area (Å²) in [7, 11) is 1.77. The van der Waals surface area contributed by atoms with Crippen molar-refractivity contribution in [1.82, 2.24) is 5.32 Å². The number of hydrogen-bond acceptors (Lipinski definition) is 2. The van der Waals surface area contributed by atoms with Gasteiger partial charge in [-0.05, 0) is 31.7 Å². The fraction of sp³-hybridized carbons (Fsp3) is 1.00. The Morgan fingerprint density at radius 2 is 2.27 bits per heavy atom. The van der Waals surface area contributed by atoms with Gasteiger partial charge in [0.25, 0.3) is 0 Å². The molecule has 0 aliphatic heterocycles. The lowest BCUT2D eigenvalue weighted by molar-refractivity contribution is 0.155. The van der Waals surface area contributed by atoms with Crippen LogP contribution in [-0.4, -0.2) is 26.3 Å². The van der Waals surface area contributed by atoms with Gasteiger partial charge in [-0.2, -0.15) is 0 Å². The van der Waals surface area contributed by atoms with E-state index in [4.69, 9.17) is 4.74 Å². The van der Waals surface area contributed by atoms with Crippen LogP contribution in [0.4, 0.5) is 0 Å². The van der Waals surface area contributed by atoms with E-state index < -0.39 is 0 Å². The Kier molecular flexibility index (Phi) is 3.87. The van der Waals surface area contributed by atoms with Crippen LogP contribution in [0.2, 0.25) is 0 Å². The van der Waals surface area contributed by atoms with Crippen LogP contribution in [0.15, 0.2) is 0 Å². The second-order valence-electron chi connectivity index (χ2n) is 3.58. The zero-order valence-electron chi connectivity index (χ0n) is 7.60. The monoisotopic (exact) mass is 157 g/mol. The smallest absolute Gasteiger partial charge is 0.0488 e. The first-order chi connectivity index (χ1) is 5.33. The first-order valence-corrected chi connectivity index (χ1v) is 4.55. The van der Waals surface area contributed by atoms with Crippen LogP contribution in [0.3, 0.4) is 0 Å². The molecular weight excluding hydrogens is 138 g/mol. The van der Waals surface area contributed by atoms with Crippen LogP contribution in [0.1, 0.15) is 26.2 Å². The van der Waals surface area contributed by atoms with Crippen molar-refractivity contribution in [2.45, 2.75) is 32.2 Å². The fourth-order valence-corrected chi connectivity index (χ4v) is 1.19. The summed E-state index contributed by atoms with van der Waals surface area (Å²) in [5.74, 6) is 0.700. The Hall–Kier alpha value is -0.0800. The van der Waals surface area contributed by atoms with Crippen molar-refractivity contribution in [3.63, 3.8) is 0 Å². The van der Waals surface area contributed by atoms with Crippen molar-refractivity contribution >= 4 is 0 Å². The SMILES string of the molecule is COCC(C)CCNC1CC1. The molecule has 1 saturated carbocycles. The zero-order valence-corrected chi connectivity index (χ0v) is 7.60. The van der Waals surface area contributed by atoms with E-state index in [9.17, 15) is 0 Å². The van der Waals surface area contributed by atoms with E-state index in [1.165, 1.54) is 19.3 Å². The van der Waals surface area contributed by atoms with Gasteiger partial charge < -0.3 is 10.1 Å². The summed E-state index contributed by atoms with van der Waals surface area (Å²) in [5.41, 5.74) is 0. The van der Waals surface area contributed by atoms with Crippen molar-refractivity contribution < 1.29 is 4.74 Å². The van der Waals surface area contributed by atoms with Gasteiger partial charge in [-0.1, -0.05) is 6.92 Å². The molecule has 0 saturated heterocycles. The first kappa shape index (κ1) is 9.01. The van der Waals surface area contributed by atoms with Gasteiger partial charge in [0.1, 0.15) is 0 Å². The highest BCUT2D eigenvalue weighted by Gasteiger charge is 2.19. The minimum absolute atomic E-state index is 0.700. The summed E-state index contributed by atoms with van der Waals surface area (Å²) < 4.78 is 5.05. The molecule has 1 fully saturated rings. The van der Waals surface area contributed by atoms with Crippen molar-refractivity contribution in [3.8, 4) is 0 Å². The van der Waals surface area contributed by atoms with Gasteiger partial charge in [0.2, 0.25) is 0 Å². The number of rotatable bonds is 6. The molecule has 0 spiro atoms. The second-order valence-corrected chi connectivity index (χ2v) is 3.58. The summed E-state index contributed by atoms with van der Waals surface area (Å²) in [6.45, 7) is 4.29. The predicted molar refractivity (Wildman–Crippen MR) is 46.7 cm³/mol. The van der Waals surface area contributed by atoms with Gasteiger partial charge in [-0.25, -0.2) is 0 Å². The van der Waals surface area contributed by atoms with E-state index in [0.29, 0.717) is 5.92 Å². The largest absolute Gasteiger partial charge is 0.384 e. The van der Waals surface area contributed by atoms with E-state index in [-0.39, 0.29) is 0 Å². The predicted octanol–water partition coefficient (Wildman–Crippen LogP) is 1.41. The molecule has 1 aliphatic rings. The number of hydrogen-bond donors (Lipinski definition) is 1. The van der Waals surface area contributed by atoms with Crippen molar-refractivity contribution in [3.05, 3.63) is 0 Å². The van der Waals surface area contributed by atoms with E-state index in [0.717, 1.165) is 19.2 Å². The molecule has 0 bridgehead atoms. The number of ether oxygens (including phenoxy) is 1. The summed E-state index contributed by atoms with van der Waals surface area (Å²) in [4.78, 5) is 0. The van der Waals surface area contributed by atoms with E-state index in [1.54, 1.807) is 7.11 Å². The minimum Gasteiger partial charge on any atom is -0.384 e. The van der Waals surface area contributed by atoms with E-state index in [1.807, 2.05) is 0 Å². The summed E-state index contributed by atoms with van der Waals surface area (Å²) in [5, 5.41) is 3.49. The molecule has 1 N–H and O–H groups in total. The van der Waals surface area contributed by atoms with Crippen LogP contribution < -0.4 is 5.32 Å². The van der Waals surface area contributed by atoms with Gasteiger partial charge in [0.15, 0.2) is 0 Å².